The van der Waals surface area contributed by atoms with E-state index >= 15 is 0 Å². The van der Waals surface area contributed by atoms with Crippen LogP contribution in [-0.2, 0) is 30.7 Å². The maximum Gasteiger partial charge on any atom is -0.0253 e. The van der Waals surface area contributed by atoms with Crippen LogP contribution < -0.4 is 24.8 Å². The summed E-state index contributed by atoms with van der Waals surface area (Å²) >= 11 is 1.69. The summed E-state index contributed by atoms with van der Waals surface area (Å²) < 4.78 is 6.77. The summed E-state index contributed by atoms with van der Waals surface area (Å²) in [7, 11) is 0. The molecule has 1 aromatic heterocycles. The number of hydrogen-bond acceptors (Lipinski definition) is 1. The Hall–Kier alpha value is -1.47. The Morgan fingerprint density at radius 2 is 1.70 bits per heavy atom. The minimum atomic E-state index is 0. The van der Waals surface area contributed by atoms with Gasteiger partial charge in [0.15, 0.2) is 0 Å². The van der Waals surface area contributed by atoms with E-state index in [2.05, 4.69) is 67.6 Å². The van der Waals surface area contributed by atoms with Crippen LogP contribution in [0, 0.1) is 18.1 Å². The number of furan rings is 1. The summed E-state index contributed by atoms with van der Waals surface area (Å²) in [4.78, 5) is 0. The molecule has 1 heterocycles. The first-order valence-electron chi connectivity index (χ1n) is 11.2. The quantitative estimate of drug-likeness (QED) is 0.325. The van der Waals surface area contributed by atoms with Gasteiger partial charge in [0.1, 0.15) is 0 Å². The van der Waals surface area contributed by atoms with Crippen molar-refractivity contribution in [3.63, 3.8) is 0 Å². The SMILES string of the molecule is CC1[C-]=C(c2ccoc2)C=C1.[Cl-].[Cl-].[Zr+2]=[C]1CCCCC1.[c-]1cccc2c1Cc1ccccc1-2. The summed E-state index contributed by atoms with van der Waals surface area (Å²) in [5, 5.41) is 0. The third-order valence-electron chi connectivity index (χ3n) is 5.84. The Kier molecular flexibility index (Phi) is 11.8. The van der Waals surface area contributed by atoms with Crippen LogP contribution in [-0.4, -0.2) is 3.21 Å². The number of hydrogen-bond donors (Lipinski definition) is 0. The second kappa shape index (κ2) is 14.1. The van der Waals surface area contributed by atoms with Gasteiger partial charge in [0, 0.05) is 6.26 Å². The molecule has 0 radical (unpaired) electrons. The van der Waals surface area contributed by atoms with Crippen molar-refractivity contribution in [2.24, 2.45) is 5.92 Å². The van der Waals surface area contributed by atoms with Gasteiger partial charge in [-0.2, -0.15) is 47.6 Å². The fraction of sp³-hybridized carbons (Fsp3) is 0.276. The van der Waals surface area contributed by atoms with E-state index in [1.165, 1.54) is 54.4 Å². The number of halogens is 2. The van der Waals surface area contributed by atoms with Gasteiger partial charge in [-0.25, -0.2) is 0 Å². The number of benzene rings is 2. The van der Waals surface area contributed by atoms with Gasteiger partial charge in [-0.05, 0) is 6.42 Å². The Morgan fingerprint density at radius 3 is 2.33 bits per heavy atom. The summed E-state index contributed by atoms with van der Waals surface area (Å²) in [5.41, 5.74) is 7.77. The van der Waals surface area contributed by atoms with Crippen molar-refractivity contribution in [1.29, 1.82) is 0 Å². The van der Waals surface area contributed by atoms with Crippen molar-refractivity contribution >= 4 is 8.78 Å². The van der Waals surface area contributed by atoms with Gasteiger partial charge in [-0.1, -0.05) is 59.9 Å². The van der Waals surface area contributed by atoms with E-state index in [9.17, 15) is 0 Å². The zero-order valence-electron chi connectivity index (χ0n) is 18.9. The molecule has 2 aromatic carbocycles. The number of allylic oxidation sites excluding steroid dienone is 4. The molecule has 1 nitrogen and oxygen atoms in total. The van der Waals surface area contributed by atoms with Crippen LogP contribution in [0.4, 0.5) is 0 Å². The third kappa shape index (κ3) is 7.78. The minimum Gasteiger partial charge on any atom is -0.179 e. The normalized spacial score (nSPS) is 17.1. The molecular formula is C29H28Cl2OZr-2. The molecule has 170 valence electrons. The molecule has 3 aromatic rings. The molecule has 1 unspecified atom stereocenters. The maximum absolute atomic E-state index is 4.97. The monoisotopic (exact) mass is 552 g/mol. The zero-order valence-corrected chi connectivity index (χ0v) is 22.9. The van der Waals surface area contributed by atoms with Crippen molar-refractivity contribution in [2.45, 2.75) is 45.4 Å². The first-order chi connectivity index (χ1) is 15.2. The molecule has 33 heavy (non-hydrogen) atoms. The number of fused-ring (bicyclic) bond motifs is 3. The first-order valence-corrected chi connectivity index (χ1v) is 12.4. The summed E-state index contributed by atoms with van der Waals surface area (Å²) in [6, 6.07) is 20.1. The minimum absolute atomic E-state index is 0. The second-order valence-electron chi connectivity index (χ2n) is 8.28. The van der Waals surface area contributed by atoms with Crippen LogP contribution >= 0.6 is 0 Å². The molecule has 0 spiro atoms. The van der Waals surface area contributed by atoms with Gasteiger partial charge in [0.25, 0.3) is 0 Å². The van der Waals surface area contributed by atoms with E-state index in [4.69, 9.17) is 4.42 Å². The van der Waals surface area contributed by atoms with Crippen LogP contribution in [0.25, 0.3) is 16.7 Å². The average molecular weight is 555 g/mol. The summed E-state index contributed by atoms with van der Waals surface area (Å²) in [5.74, 6) is 0.444. The molecule has 0 N–H and O–H groups in total. The van der Waals surface area contributed by atoms with Gasteiger partial charge < -0.3 is 29.2 Å². The Morgan fingerprint density at radius 1 is 0.939 bits per heavy atom. The topological polar surface area (TPSA) is 13.1 Å². The molecule has 6 rings (SSSR count). The molecule has 0 amide bonds. The van der Waals surface area contributed by atoms with Crippen molar-refractivity contribution in [3.8, 4) is 11.1 Å². The van der Waals surface area contributed by atoms with Crippen LogP contribution in [0.3, 0.4) is 0 Å². The van der Waals surface area contributed by atoms with Crippen LogP contribution in [0.5, 0.6) is 0 Å². The second-order valence-corrected chi connectivity index (χ2v) is 10.0. The van der Waals surface area contributed by atoms with Gasteiger partial charge >= 0.3 is 59.5 Å². The molecular weight excluding hydrogens is 526 g/mol. The standard InChI is InChI=1S/C13H9.C10H9O.C6H10.2ClH.Zr/c1-3-7-12-10(5-1)9-11-6-2-4-8-13(11)12;1-8-2-3-9(6-8)10-4-5-11-7-10;1-2-4-6-5-3-1;;;/h1-5,7-8H,9H2;2-5,7-8H,1H3;1-5H2;2*1H;/q2*-1;;;;+2/p-2. The molecule has 4 heteroatoms. The van der Waals surface area contributed by atoms with Gasteiger partial charge in [0.05, 0.1) is 6.26 Å². The van der Waals surface area contributed by atoms with E-state index in [0.717, 1.165) is 17.6 Å². The Labute approximate surface area is 225 Å². The van der Waals surface area contributed by atoms with E-state index < -0.39 is 0 Å². The number of rotatable bonds is 1. The average Bonchev–Trinajstić information content (AvgIpc) is 3.55. The zero-order chi connectivity index (χ0) is 21.5. The summed E-state index contributed by atoms with van der Waals surface area (Å²) in [6.07, 6.45) is 19.3. The molecule has 0 aliphatic heterocycles. The van der Waals surface area contributed by atoms with Gasteiger partial charge in [-0.3, -0.25) is 0 Å². The molecule has 0 bridgehead atoms. The third-order valence-corrected chi connectivity index (χ3v) is 7.07. The molecule has 3 aliphatic carbocycles. The van der Waals surface area contributed by atoms with Crippen molar-refractivity contribution in [1.82, 2.24) is 0 Å². The largest absolute Gasteiger partial charge is 0.179 e. The van der Waals surface area contributed by atoms with E-state index in [1.807, 2.05) is 12.1 Å². The molecule has 0 saturated heterocycles. The van der Waals surface area contributed by atoms with Crippen LogP contribution in [0.2, 0.25) is 0 Å². The van der Waals surface area contributed by atoms with Gasteiger partial charge in [-0.15, -0.1) is 11.6 Å². The van der Waals surface area contributed by atoms with Crippen LogP contribution in [0.1, 0.15) is 55.7 Å². The van der Waals surface area contributed by atoms with Gasteiger partial charge in [0.2, 0.25) is 0 Å². The molecule has 1 atom stereocenters. The first kappa shape index (κ1) is 27.8. The smallest absolute Gasteiger partial charge is 0.0253 e. The molecule has 3 aliphatic rings. The van der Waals surface area contributed by atoms with Crippen molar-refractivity contribution in [2.75, 3.05) is 0 Å². The fourth-order valence-electron chi connectivity index (χ4n) is 4.16. The Bertz CT molecular complexity index is 1030. The molecule has 1 fully saturated rings. The van der Waals surface area contributed by atoms with Crippen LogP contribution in [0.15, 0.2) is 77.6 Å². The maximum atomic E-state index is 4.97. The Balaban J connectivity index is 0.000000177. The van der Waals surface area contributed by atoms with Crippen molar-refractivity contribution < 1.29 is 53.5 Å². The predicted molar refractivity (Wildman–Crippen MR) is 125 cm³/mol. The molecule has 1 saturated carbocycles. The fourth-order valence-corrected chi connectivity index (χ4v) is 5.02. The summed E-state index contributed by atoms with van der Waals surface area (Å²) in [6.45, 7) is 2.11. The van der Waals surface area contributed by atoms with E-state index in [-0.39, 0.29) is 24.8 Å². The van der Waals surface area contributed by atoms with Crippen molar-refractivity contribution in [3.05, 3.63) is 102 Å². The predicted octanol–water partition coefficient (Wildman–Crippen LogP) is 1.41. The van der Waals surface area contributed by atoms with E-state index in [0.29, 0.717) is 5.92 Å². The van der Waals surface area contributed by atoms with E-state index in [1.54, 1.807) is 40.0 Å².